The monoisotopic (exact) mass is 291 g/mol. The fourth-order valence-corrected chi connectivity index (χ4v) is 3.41. The van der Waals surface area contributed by atoms with Gasteiger partial charge in [-0.1, -0.05) is 30.9 Å². The molecule has 1 aliphatic carbocycles. The van der Waals surface area contributed by atoms with Crippen molar-refractivity contribution in [2.24, 2.45) is 5.92 Å². The first kappa shape index (κ1) is 14.5. The highest BCUT2D eigenvalue weighted by Gasteiger charge is 2.19. The average molecular weight is 291 g/mol. The summed E-state index contributed by atoms with van der Waals surface area (Å²) in [5.41, 5.74) is 0.444. The predicted octanol–water partition coefficient (Wildman–Crippen LogP) is 1.51. The van der Waals surface area contributed by atoms with Gasteiger partial charge in [0.2, 0.25) is 0 Å². The van der Waals surface area contributed by atoms with Crippen molar-refractivity contribution in [3.63, 3.8) is 0 Å². The Hall–Kier alpha value is -1.43. The van der Waals surface area contributed by atoms with Crippen LogP contribution in [0, 0.1) is 5.92 Å². The molecule has 2 heterocycles. The van der Waals surface area contributed by atoms with Crippen molar-refractivity contribution in [1.29, 1.82) is 0 Å². The quantitative estimate of drug-likeness (QED) is 0.862. The second-order valence-electron chi connectivity index (χ2n) is 6.26. The molecule has 0 unspecified atom stereocenters. The maximum Gasteiger partial charge on any atom is 0.273 e. The maximum atomic E-state index is 12.1. The first-order chi connectivity index (χ1) is 10.3. The number of aromatic nitrogens is 3. The van der Waals surface area contributed by atoms with Crippen LogP contribution in [0.2, 0.25) is 0 Å². The van der Waals surface area contributed by atoms with Gasteiger partial charge in [-0.15, -0.1) is 5.10 Å². The topological polar surface area (TPSA) is 71.8 Å². The third-order valence-electron chi connectivity index (χ3n) is 4.74. The van der Waals surface area contributed by atoms with E-state index in [1.165, 1.54) is 25.7 Å². The molecule has 0 aromatic carbocycles. The van der Waals surface area contributed by atoms with E-state index in [1.54, 1.807) is 6.20 Å². The van der Waals surface area contributed by atoms with Crippen LogP contribution in [0.1, 0.15) is 61.5 Å². The van der Waals surface area contributed by atoms with Crippen LogP contribution >= 0.6 is 0 Å². The van der Waals surface area contributed by atoms with Crippen LogP contribution < -0.4 is 10.6 Å². The van der Waals surface area contributed by atoms with Gasteiger partial charge in [0.25, 0.3) is 5.91 Å². The van der Waals surface area contributed by atoms with E-state index in [2.05, 4.69) is 20.9 Å². The smallest absolute Gasteiger partial charge is 0.273 e. The Kier molecular flexibility index (Phi) is 4.85. The molecule has 1 saturated carbocycles. The zero-order valence-corrected chi connectivity index (χ0v) is 12.6. The summed E-state index contributed by atoms with van der Waals surface area (Å²) in [4.78, 5) is 12.1. The minimum Gasteiger partial charge on any atom is -0.351 e. The van der Waals surface area contributed by atoms with Crippen LogP contribution in [0.25, 0.3) is 0 Å². The maximum absolute atomic E-state index is 12.1. The number of piperidine rings is 1. The highest BCUT2D eigenvalue weighted by Crippen LogP contribution is 2.26. The van der Waals surface area contributed by atoms with Crippen molar-refractivity contribution in [3.05, 3.63) is 11.9 Å². The van der Waals surface area contributed by atoms with Crippen LogP contribution in [-0.2, 0) is 0 Å². The summed E-state index contributed by atoms with van der Waals surface area (Å²) in [7, 11) is 0. The Morgan fingerprint density at radius 1 is 1.29 bits per heavy atom. The first-order valence-corrected chi connectivity index (χ1v) is 8.23. The Morgan fingerprint density at radius 2 is 2.05 bits per heavy atom. The van der Waals surface area contributed by atoms with E-state index in [9.17, 15) is 4.79 Å². The van der Waals surface area contributed by atoms with Crippen LogP contribution in [-0.4, -0.2) is 40.5 Å². The Balaban J connectivity index is 1.46. The molecule has 6 heteroatoms. The molecule has 0 bridgehead atoms. The molecular formula is C15H25N5O. The third kappa shape index (κ3) is 3.81. The van der Waals surface area contributed by atoms with E-state index >= 15 is 0 Å². The number of rotatable bonds is 5. The van der Waals surface area contributed by atoms with Crippen molar-refractivity contribution in [1.82, 2.24) is 25.6 Å². The molecule has 116 valence electrons. The minimum absolute atomic E-state index is 0.0896. The van der Waals surface area contributed by atoms with E-state index in [0.717, 1.165) is 44.8 Å². The molecule has 1 saturated heterocycles. The molecule has 2 fully saturated rings. The number of carbonyl (C=O) groups excluding carboxylic acids is 1. The number of nitrogens with zero attached hydrogens (tertiary/aromatic N) is 3. The van der Waals surface area contributed by atoms with Gasteiger partial charge in [0, 0.05) is 6.54 Å². The SMILES string of the molecule is O=C(NCCC1CCCC1)c1cn(C2CCNCC2)nn1. The van der Waals surface area contributed by atoms with Gasteiger partial charge in [-0.3, -0.25) is 4.79 Å². The van der Waals surface area contributed by atoms with Gasteiger partial charge in [-0.25, -0.2) is 4.68 Å². The predicted molar refractivity (Wildman–Crippen MR) is 80.1 cm³/mol. The van der Waals surface area contributed by atoms with Crippen molar-refractivity contribution >= 4 is 5.91 Å². The van der Waals surface area contributed by atoms with Crippen molar-refractivity contribution in [2.45, 2.75) is 51.0 Å². The molecule has 1 aromatic heterocycles. The van der Waals surface area contributed by atoms with Gasteiger partial charge in [0.15, 0.2) is 5.69 Å². The van der Waals surface area contributed by atoms with Crippen LogP contribution in [0.4, 0.5) is 0 Å². The summed E-state index contributed by atoms with van der Waals surface area (Å²) in [6.45, 7) is 2.77. The van der Waals surface area contributed by atoms with E-state index in [4.69, 9.17) is 0 Å². The lowest BCUT2D eigenvalue weighted by atomic mass is 10.0. The molecule has 2 N–H and O–H groups in total. The second kappa shape index (κ2) is 7.02. The Bertz CT molecular complexity index is 460. The van der Waals surface area contributed by atoms with E-state index in [-0.39, 0.29) is 5.91 Å². The summed E-state index contributed by atoms with van der Waals surface area (Å²) in [6, 6.07) is 0.374. The van der Waals surface area contributed by atoms with Crippen LogP contribution in [0.15, 0.2) is 6.20 Å². The lowest BCUT2D eigenvalue weighted by molar-refractivity contribution is 0.0946. The number of carbonyl (C=O) groups is 1. The third-order valence-corrected chi connectivity index (χ3v) is 4.74. The normalized spacial score (nSPS) is 20.8. The summed E-state index contributed by atoms with van der Waals surface area (Å²) in [6.07, 6.45) is 10.3. The van der Waals surface area contributed by atoms with Gasteiger partial charge >= 0.3 is 0 Å². The molecule has 21 heavy (non-hydrogen) atoms. The van der Waals surface area contributed by atoms with Crippen LogP contribution in [0.3, 0.4) is 0 Å². The molecule has 3 rings (SSSR count). The fourth-order valence-electron chi connectivity index (χ4n) is 3.41. The Morgan fingerprint density at radius 3 is 2.81 bits per heavy atom. The van der Waals surface area contributed by atoms with Crippen molar-refractivity contribution in [3.8, 4) is 0 Å². The molecule has 1 aromatic rings. The minimum atomic E-state index is -0.0896. The number of hydrogen-bond acceptors (Lipinski definition) is 4. The molecule has 1 aliphatic heterocycles. The second-order valence-corrected chi connectivity index (χ2v) is 6.26. The number of nitrogens with one attached hydrogen (secondary N) is 2. The molecule has 1 amide bonds. The standard InChI is InChI=1S/C15H25N5O/c21-15(17-10-5-12-3-1-2-4-12)14-11-20(19-18-14)13-6-8-16-9-7-13/h11-13,16H,1-10H2,(H,17,21). The largest absolute Gasteiger partial charge is 0.351 e. The van der Waals surface area contributed by atoms with Crippen molar-refractivity contribution < 1.29 is 4.79 Å². The molecule has 0 radical (unpaired) electrons. The van der Waals surface area contributed by atoms with Gasteiger partial charge < -0.3 is 10.6 Å². The molecule has 6 nitrogen and oxygen atoms in total. The zero-order valence-electron chi connectivity index (χ0n) is 12.6. The van der Waals surface area contributed by atoms with Gasteiger partial charge in [0.1, 0.15) is 0 Å². The molecule has 2 aliphatic rings. The lowest BCUT2D eigenvalue weighted by Crippen LogP contribution is -2.29. The van der Waals surface area contributed by atoms with E-state index in [0.29, 0.717) is 11.7 Å². The van der Waals surface area contributed by atoms with Gasteiger partial charge in [-0.2, -0.15) is 0 Å². The summed E-state index contributed by atoms with van der Waals surface area (Å²) in [5.74, 6) is 0.712. The molecule has 0 atom stereocenters. The number of amides is 1. The summed E-state index contributed by atoms with van der Waals surface area (Å²) < 4.78 is 1.85. The van der Waals surface area contributed by atoms with Crippen molar-refractivity contribution in [2.75, 3.05) is 19.6 Å². The lowest BCUT2D eigenvalue weighted by Gasteiger charge is -2.22. The van der Waals surface area contributed by atoms with E-state index in [1.807, 2.05) is 4.68 Å². The first-order valence-electron chi connectivity index (χ1n) is 8.23. The number of hydrogen-bond donors (Lipinski definition) is 2. The summed E-state index contributed by atoms with van der Waals surface area (Å²) >= 11 is 0. The highest BCUT2D eigenvalue weighted by atomic mass is 16.2. The summed E-state index contributed by atoms with van der Waals surface area (Å²) in [5, 5.41) is 14.4. The van der Waals surface area contributed by atoms with E-state index < -0.39 is 0 Å². The fraction of sp³-hybridized carbons (Fsp3) is 0.800. The highest BCUT2D eigenvalue weighted by molar-refractivity contribution is 5.91. The zero-order chi connectivity index (χ0) is 14.5. The van der Waals surface area contributed by atoms with Crippen LogP contribution in [0.5, 0.6) is 0 Å². The van der Waals surface area contributed by atoms with Gasteiger partial charge in [0.05, 0.1) is 12.2 Å². The van der Waals surface area contributed by atoms with Gasteiger partial charge in [-0.05, 0) is 38.3 Å². The molecular weight excluding hydrogens is 266 g/mol. The average Bonchev–Trinajstić information content (AvgIpc) is 3.20. The Labute approximate surface area is 125 Å². The molecule has 0 spiro atoms.